The van der Waals surface area contributed by atoms with Crippen LogP contribution in [-0.4, -0.2) is 61.0 Å². The first-order valence-electron chi connectivity index (χ1n) is 8.09. The van der Waals surface area contributed by atoms with Crippen LogP contribution in [0, 0.1) is 0 Å². The van der Waals surface area contributed by atoms with Gasteiger partial charge in [0.25, 0.3) is 0 Å². The van der Waals surface area contributed by atoms with Crippen LogP contribution < -0.4 is 5.32 Å². The van der Waals surface area contributed by atoms with Crippen molar-refractivity contribution in [2.45, 2.75) is 25.3 Å². The van der Waals surface area contributed by atoms with Gasteiger partial charge in [-0.25, -0.2) is 0 Å². The molecule has 5 heteroatoms. The van der Waals surface area contributed by atoms with Crippen LogP contribution in [0.5, 0.6) is 0 Å². The van der Waals surface area contributed by atoms with Gasteiger partial charge < -0.3 is 10.2 Å². The van der Waals surface area contributed by atoms with E-state index in [0.29, 0.717) is 18.4 Å². The zero-order chi connectivity index (χ0) is 14.5. The normalized spacial score (nSPS) is 22.4. The van der Waals surface area contributed by atoms with E-state index in [1.807, 2.05) is 23.1 Å². The van der Waals surface area contributed by atoms with E-state index in [9.17, 15) is 4.79 Å². The second-order valence-corrected chi connectivity index (χ2v) is 6.05. The molecule has 2 heterocycles. The molecular weight excluding hydrogens is 298 g/mol. The summed E-state index contributed by atoms with van der Waals surface area (Å²) in [6, 6.07) is 11.0. The van der Waals surface area contributed by atoms with E-state index in [1.54, 1.807) is 0 Å². The summed E-state index contributed by atoms with van der Waals surface area (Å²) in [5, 5.41) is 3.42. The van der Waals surface area contributed by atoms with Gasteiger partial charge in [-0.3, -0.25) is 9.69 Å². The molecule has 1 aromatic carbocycles. The Labute approximate surface area is 139 Å². The summed E-state index contributed by atoms with van der Waals surface area (Å²) in [6.07, 6.45) is 2.74. The first kappa shape index (κ1) is 17.3. The molecule has 1 amide bonds. The van der Waals surface area contributed by atoms with Gasteiger partial charge in [0.15, 0.2) is 0 Å². The van der Waals surface area contributed by atoms with Crippen molar-refractivity contribution in [3.63, 3.8) is 0 Å². The highest BCUT2D eigenvalue weighted by Crippen LogP contribution is 2.13. The van der Waals surface area contributed by atoms with Crippen LogP contribution in [0.2, 0.25) is 0 Å². The highest BCUT2D eigenvalue weighted by Gasteiger charge is 2.27. The Hall–Kier alpha value is -1.10. The van der Waals surface area contributed by atoms with Gasteiger partial charge in [-0.2, -0.15) is 0 Å². The van der Waals surface area contributed by atoms with Gasteiger partial charge in [-0.15, -0.1) is 12.4 Å². The molecule has 0 bridgehead atoms. The number of nitrogens with zero attached hydrogens (tertiary/aromatic N) is 2. The molecule has 0 aliphatic carbocycles. The number of hydrogen-bond donors (Lipinski definition) is 1. The zero-order valence-electron chi connectivity index (χ0n) is 13.0. The number of carbonyl (C=O) groups is 1. The molecule has 0 spiro atoms. The van der Waals surface area contributed by atoms with Crippen LogP contribution in [0.15, 0.2) is 30.3 Å². The van der Waals surface area contributed by atoms with Crippen molar-refractivity contribution in [3.8, 4) is 0 Å². The predicted molar refractivity (Wildman–Crippen MR) is 91.4 cm³/mol. The number of halogens is 1. The molecule has 0 radical (unpaired) electrons. The number of carbonyl (C=O) groups excluding carboxylic acids is 1. The highest BCUT2D eigenvalue weighted by atomic mass is 35.5. The van der Waals surface area contributed by atoms with Gasteiger partial charge in [0.05, 0.1) is 0 Å². The summed E-state index contributed by atoms with van der Waals surface area (Å²) >= 11 is 0. The van der Waals surface area contributed by atoms with Gasteiger partial charge in [0.1, 0.15) is 0 Å². The molecule has 2 saturated heterocycles. The number of piperazine rings is 1. The smallest absolute Gasteiger partial charge is 0.222 e. The minimum atomic E-state index is 0. The average molecular weight is 324 g/mol. The average Bonchev–Trinajstić information content (AvgIpc) is 3.08. The maximum Gasteiger partial charge on any atom is 0.222 e. The van der Waals surface area contributed by atoms with E-state index in [1.165, 1.54) is 12.0 Å². The van der Waals surface area contributed by atoms with Crippen LogP contribution in [0.4, 0.5) is 0 Å². The summed E-state index contributed by atoms with van der Waals surface area (Å²) in [6.45, 7) is 6.10. The molecule has 1 N–H and O–H groups in total. The number of benzene rings is 1. The van der Waals surface area contributed by atoms with Gasteiger partial charge in [-0.1, -0.05) is 30.3 Å². The number of amides is 1. The van der Waals surface area contributed by atoms with Crippen molar-refractivity contribution >= 4 is 18.3 Å². The standard InChI is InChI=1S/C17H25N3O.ClH/c21-17(7-6-15-4-2-1-3-5-15)20-12-10-19(11-13-20)16-8-9-18-14-16;/h1-5,16,18H,6-14H2;1H. The molecule has 22 heavy (non-hydrogen) atoms. The third kappa shape index (κ3) is 4.45. The summed E-state index contributed by atoms with van der Waals surface area (Å²) in [5.41, 5.74) is 1.25. The Bertz CT molecular complexity index is 454. The maximum absolute atomic E-state index is 12.3. The van der Waals surface area contributed by atoms with Crippen molar-refractivity contribution in [2.75, 3.05) is 39.3 Å². The lowest BCUT2D eigenvalue weighted by Crippen LogP contribution is -2.52. The Balaban J connectivity index is 0.00000176. The molecule has 2 aliphatic heterocycles. The molecule has 2 aliphatic rings. The Morgan fingerprint density at radius 3 is 2.50 bits per heavy atom. The fourth-order valence-corrected chi connectivity index (χ4v) is 3.34. The highest BCUT2D eigenvalue weighted by molar-refractivity contribution is 5.85. The van der Waals surface area contributed by atoms with E-state index < -0.39 is 0 Å². The van der Waals surface area contributed by atoms with Gasteiger partial charge in [0.2, 0.25) is 5.91 Å². The molecule has 1 aromatic rings. The van der Waals surface area contributed by atoms with E-state index in [0.717, 1.165) is 45.7 Å². The Morgan fingerprint density at radius 2 is 1.86 bits per heavy atom. The van der Waals surface area contributed by atoms with Crippen molar-refractivity contribution in [2.24, 2.45) is 0 Å². The lowest BCUT2D eigenvalue weighted by atomic mass is 10.1. The van der Waals surface area contributed by atoms with Crippen LogP contribution in [0.25, 0.3) is 0 Å². The third-order valence-corrected chi connectivity index (χ3v) is 4.69. The van der Waals surface area contributed by atoms with Crippen LogP contribution in [-0.2, 0) is 11.2 Å². The molecule has 4 nitrogen and oxygen atoms in total. The maximum atomic E-state index is 12.3. The fourth-order valence-electron chi connectivity index (χ4n) is 3.34. The van der Waals surface area contributed by atoms with E-state index in [-0.39, 0.29) is 12.4 Å². The summed E-state index contributed by atoms with van der Waals surface area (Å²) in [5.74, 6) is 0.308. The van der Waals surface area contributed by atoms with Crippen molar-refractivity contribution in [1.29, 1.82) is 0 Å². The summed E-state index contributed by atoms with van der Waals surface area (Å²) in [7, 11) is 0. The molecule has 0 aromatic heterocycles. The second kappa shape index (κ2) is 8.51. The second-order valence-electron chi connectivity index (χ2n) is 6.05. The monoisotopic (exact) mass is 323 g/mol. The lowest BCUT2D eigenvalue weighted by Gasteiger charge is -2.37. The molecule has 122 valence electrons. The van der Waals surface area contributed by atoms with Gasteiger partial charge in [0, 0.05) is 45.2 Å². The fraction of sp³-hybridized carbons (Fsp3) is 0.588. The number of nitrogens with one attached hydrogen (secondary N) is 1. The van der Waals surface area contributed by atoms with Crippen LogP contribution in [0.3, 0.4) is 0 Å². The van der Waals surface area contributed by atoms with E-state index >= 15 is 0 Å². The minimum Gasteiger partial charge on any atom is -0.340 e. The van der Waals surface area contributed by atoms with Crippen molar-refractivity contribution in [3.05, 3.63) is 35.9 Å². The van der Waals surface area contributed by atoms with E-state index in [4.69, 9.17) is 0 Å². The number of rotatable bonds is 4. The Morgan fingerprint density at radius 1 is 1.14 bits per heavy atom. The van der Waals surface area contributed by atoms with Crippen molar-refractivity contribution in [1.82, 2.24) is 15.1 Å². The first-order valence-corrected chi connectivity index (χ1v) is 8.09. The molecule has 2 fully saturated rings. The van der Waals surface area contributed by atoms with Crippen molar-refractivity contribution < 1.29 is 4.79 Å². The topological polar surface area (TPSA) is 35.6 Å². The minimum absolute atomic E-state index is 0. The Kier molecular flexibility index (Phi) is 6.68. The quantitative estimate of drug-likeness (QED) is 0.913. The third-order valence-electron chi connectivity index (χ3n) is 4.69. The largest absolute Gasteiger partial charge is 0.340 e. The van der Waals surface area contributed by atoms with Gasteiger partial charge >= 0.3 is 0 Å². The lowest BCUT2D eigenvalue weighted by molar-refractivity contribution is -0.133. The van der Waals surface area contributed by atoms with Crippen LogP contribution >= 0.6 is 12.4 Å². The molecule has 1 unspecified atom stereocenters. The summed E-state index contributed by atoms with van der Waals surface area (Å²) in [4.78, 5) is 16.9. The molecule has 1 atom stereocenters. The van der Waals surface area contributed by atoms with E-state index in [2.05, 4.69) is 22.3 Å². The number of hydrogen-bond acceptors (Lipinski definition) is 3. The molecule has 0 saturated carbocycles. The van der Waals surface area contributed by atoms with Gasteiger partial charge in [-0.05, 0) is 24.9 Å². The summed E-state index contributed by atoms with van der Waals surface area (Å²) < 4.78 is 0. The molecule has 3 rings (SSSR count). The molecular formula is C17H26ClN3O. The predicted octanol–water partition coefficient (Wildman–Crippen LogP) is 1.55. The SMILES string of the molecule is Cl.O=C(CCc1ccccc1)N1CCN(C2CCNC2)CC1. The number of aryl methyl sites for hydroxylation is 1. The first-order chi connectivity index (χ1) is 10.3. The zero-order valence-corrected chi connectivity index (χ0v) is 13.9. The van der Waals surface area contributed by atoms with Crippen LogP contribution in [0.1, 0.15) is 18.4 Å².